The summed E-state index contributed by atoms with van der Waals surface area (Å²) < 4.78 is 5.75. The molecule has 2 aliphatic rings. The normalized spacial score (nSPS) is 47.0. The second-order valence-electron chi connectivity index (χ2n) is 4.49. The topological polar surface area (TPSA) is 9.23 Å². The second-order valence-corrected chi connectivity index (χ2v) is 4.49. The van der Waals surface area contributed by atoms with Crippen molar-refractivity contribution < 1.29 is 4.74 Å². The van der Waals surface area contributed by atoms with Crippen LogP contribution in [0.15, 0.2) is 12.3 Å². The van der Waals surface area contributed by atoms with E-state index in [1.54, 1.807) is 0 Å². The van der Waals surface area contributed by atoms with Crippen molar-refractivity contribution in [2.75, 3.05) is 0 Å². The van der Waals surface area contributed by atoms with E-state index in [1.165, 1.54) is 19.3 Å². The van der Waals surface area contributed by atoms with E-state index in [2.05, 4.69) is 20.4 Å². The van der Waals surface area contributed by atoms with E-state index in [0.717, 1.165) is 17.6 Å². The molecule has 0 N–H and O–H groups in total. The molecule has 0 aromatic rings. The zero-order valence-corrected chi connectivity index (χ0v) is 8.05. The van der Waals surface area contributed by atoms with E-state index < -0.39 is 0 Å². The van der Waals surface area contributed by atoms with Gasteiger partial charge < -0.3 is 4.74 Å². The van der Waals surface area contributed by atoms with Crippen molar-refractivity contribution >= 4 is 0 Å². The molecule has 0 aromatic heterocycles. The fourth-order valence-electron chi connectivity index (χ4n) is 2.60. The molecule has 2 rings (SSSR count). The molecule has 1 aliphatic carbocycles. The van der Waals surface area contributed by atoms with Crippen molar-refractivity contribution in [1.82, 2.24) is 0 Å². The van der Waals surface area contributed by atoms with Crippen molar-refractivity contribution in [3.63, 3.8) is 0 Å². The summed E-state index contributed by atoms with van der Waals surface area (Å²) in [6.07, 6.45) is 4.46. The Kier molecular flexibility index (Phi) is 1.90. The zero-order chi connectivity index (χ0) is 8.72. The average Bonchev–Trinajstić information content (AvgIpc) is 2.28. The SMILES string of the molecule is C=C1O[C@@H]2C[C@H](C)CC[C@H]2[C@@H]1C. The van der Waals surface area contributed by atoms with Gasteiger partial charge in [0, 0.05) is 11.8 Å². The largest absolute Gasteiger partial charge is 0.495 e. The van der Waals surface area contributed by atoms with Gasteiger partial charge in [-0.25, -0.2) is 0 Å². The third-order valence-electron chi connectivity index (χ3n) is 3.56. The maximum atomic E-state index is 5.75. The van der Waals surface area contributed by atoms with E-state index in [0.29, 0.717) is 12.0 Å². The summed E-state index contributed by atoms with van der Waals surface area (Å²) in [5.74, 6) is 3.25. The number of allylic oxidation sites excluding steroid dienone is 1. The van der Waals surface area contributed by atoms with Gasteiger partial charge in [-0.05, 0) is 18.8 Å². The number of rotatable bonds is 0. The van der Waals surface area contributed by atoms with Crippen LogP contribution in [0.25, 0.3) is 0 Å². The smallest absolute Gasteiger partial charge is 0.102 e. The van der Waals surface area contributed by atoms with Gasteiger partial charge in [-0.1, -0.05) is 26.8 Å². The molecule has 68 valence electrons. The van der Waals surface area contributed by atoms with Crippen LogP contribution >= 0.6 is 0 Å². The quantitative estimate of drug-likeness (QED) is 0.537. The Balaban J connectivity index is 2.09. The summed E-state index contributed by atoms with van der Waals surface area (Å²) in [5.41, 5.74) is 0. The van der Waals surface area contributed by atoms with Crippen LogP contribution in [0.4, 0.5) is 0 Å². The lowest BCUT2D eigenvalue weighted by Crippen LogP contribution is -2.27. The van der Waals surface area contributed by atoms with Crippen molar-refractivity contribution in [3.8, 4) is 0 Å². The van der Waals surface area contributed by atoms with Gasteiger partial charge in [0.2, 0.25) is 0 Å². The van der Waals surface area contributed by atoms with E-state index in [4.69, 9.17) is 4.74 Å². The first-order valence-electron chi connectivity index (χ1n) is 5.04. The molecule has 12 heavy (non-hydrogen) atoms. The lowest BCUT2D eigenvalue weighted by Gasteiger charge is -2.29. The number of ether oxygens (including phenoxy) is 1. The van der Waals surface area contributed by atoms with Gasteiger partial charge in [-0.2, -0.15) is 0 Å². The third-order valence-corrected chi connectivity index (χ3v) is 3.56. The van der Waals surface area contributed by atoms with Crippen LogP contribution in [0.1, 0.15) is 33.1 Å². The maximum Gasteiger partial charge on any atom is 0.102 e. The summed E-state index contributed by atoms with van der Waals surface area (Å²) in [4.78, 5) is 0. The summed E-state index contributed by atoms with van der Waals surface area (Å²) >= 11 is 0. The minimum Gasteiger partial charge on any atom is -0.495 e. The highest BCUT2D eigenvalue weighted by molar-refractivity contribution is 5.03. The molecule has 4 atom stereocenters. The lowest BCUT2D eigenvalue weighted by atomic mass is 9.76. The molecule has 0 radical (unpaired) electrons. The highest BCUT2D eigenvalue weighted by Gasteiger charge is 2.40. The third kappa shape index (κ3) is 1.16. The minimum absolute atomic E-state index is 0.497. The zero-order valence-electron chi connectivity index (χ0n) is 8.05. The van der Waals surface area contributed by atoms with E-state index in [1.807, 2.05) is 0 Å². The second kappa shape index (κ2) is 2.79. The Labute approximate surface area is 74.8 Å². The van der Waals surface area contributed by atoms with Crippen LogP contribution in [0.2, 0.25) is 0 Å². The molecule has 0 unspecified atom stereocenters. The molecule has 1 heteroatoms. The Hall–Kier alpha value is -0.460. The Morgan fingerprint density at radius 1 is 1.33 bits per heavy atom. The van der Waals surface area contributed by atoms with Crippen molar-refractivity contribution in [2.24, 2.45) is 17.8 Å². The average molecular weight is 166 g/mol. The van der Waals surface area contributed by atoms with Gasteiger partial charge in [0.05, 0.1) is 5.76 Å². The van der Waals surface area contributed by atoms with Crippen LogP contribution in [0.3, 0.4) is 0 Å². The van der Waals surface area contributed by atoms with Crippen molar-refractivity contribution in [1.29, 1.82) is 0 Å². The first kappa shape index (κ1) is 8.15. The fraction of sp³-hybridized carbons (Fsp3) is 0.818. The van der Waals surface area contributed by atoms with Crippen LogP contribution in [-0.2, 0) is 4.74 Å². The summed E-state index contributed by atoms with van der Waals surface area (Å²) in [7, 11) is 0. The highest BCUT2D eigenvalue weighted by atomic mass is 16.5. The Morgan fingerprint density at radius 3 is 2.83 bits per heavy atom. The molecule has 2 fully saturated rings. The van der Waals surface area contributed by atoms with Gasteiger partial charge in [0.1, 0.15) is 6.10 Å². The van der Waals surface area contributed by atoms with E-state index >= 15 is 0 Å². The van der Waals surface area contributed by atoms with Crippen LogP contribution in [-0.4, -0.2) is 6.10 Å². The van der Waals surface area contributed by atoms with Gasteiger partial charge >= 0.3 is 0 Å². The van der Waals surface area contributed by atoms with Crippen LogP contribution in [0, 0.1) is 17.8 Å². The molecule has 1 heterocycles. The molecule has 1 nitrogen and oxygen atoms in total. The molecule has 0 amide bonds. The summed E-state index contributed by atoms with van der Waals surface area (Å²) in [5, 5.41) is 0. The standard InChI is InChI=1S/C11H18O/c1-7-4-5-10-8(2)9(3)12-11(10)6-7/h7-8,10-11H,3-6H2,1-2H3/t7-,8-,10+,11-/m1/s1. The van der Waals surface area contributed by atoms with Crippen LogP contribution < -0.4 is 0 Å². The summed E-state index contributed by atoms with van der Waals surface area (Å²) in [6, 6.07) is 0. The summed E-state index contributed by atoms with van der Waals surface area (Å²) in [6.45, 7) is 8.54. The molecular weight excluding hydrogens is 148 g/mol. The fourth-order valence-corrected chi connectivity index (χ4v) is 2.60. The number of hydrogen-bond acceptors (Lipinski definition) is 1. The number of hydrogen-bond donors (Lipinski definition) is 0. The van der Waals surface area contributed by atoms with Gasteiger partial charge in [0.25, 0.3) is 0 Å². The molecule has 1 saturated heterocycles. The van der Waals surface area contributed by atoms with Gasteiger partial charge in [-0.15, -0.1) is 0 Å². The minimum atomic E-state index is 0.497. The predicted molar refractivity (Wildman–Crippen MR) is 49.7 cm³/mol. The molecular formula is C11H18O. The van der Waals surface area contributed by atoms with Crippen molar-refractivity contribution in [2.45, 2.75) is 39.2 Å². The molecule has 0 bridgehead atoms. The highest BCUT2D eigenvalue weighted by Crippen LogP contribution is 2.44. The monoisotopic (exact) mass is 166 g/mol. The first-order chi connectivity index (χ1) is 5.68. The van der Waals surface area contributed by atoms with E-state index in [-0.39, 0.29) is 0 Å². The maximum absolute atomic E-state index is 5.75. The van der Waals surface area contributed by atoms with E-state index in [9.17, 15) is 0 Å². The predicted octanol–water partition coefficient (Wildman–Crippen LogP) is 2.97. The molecule has 1 aliphatic heterocycles. The van der Waals surface area contributed by atoms with Crippen LogP contribution in [0.5, 0.6) is 0 Å². The van der Waals surface area contributed by atoms with Gasteiger partial charge in [-0.3, -0.25) is 0 Å². The number of fused-ring (bicyclic) bond motifs is 1. The molecule has 0 aromatic carbocycles. The lowest BCUT2D eigenvalue weighted by molar-refractivity contribution is 0.0752. The first-order valence-corrected chi connectivity index (χ1v) is 5.04. The molecule has 0 spiro atoms. The Morgan fingerprint density at radius 2 is 2.08 bits per heavy atom. The Bertz CT molecular complexity index is 197. The van der Waals surface area contributed by atoms with Gasteiger partial charge in [0.15, 0.2) is 0 Å². The molecule has 1 saturated carbocycles. The van der Waals surface area contributed by atoms with Crippen molar-refractivity contribution in [3.05, 3.63) is 12.3 Å².